The topological polar surface area (TPSA) is 48.0 Å². The van der Waals surface area contributed by atoms with Crippen molar-refractivity contribution < 1.29 is 19.0 Å². The summed E-state index contributed by atoms with van der Waals surface area (Å²) in [5.74, 6) is 8.68. The van der Waals surface area contributed by atoms with Gasteiger partial charge < -0.3 is 19.1 Å². The van der Waals surface area contributed by atoms with Crippen LogP contribution in [0.1, 0.15) is 28.7 Å². The normalized spacial score (nSPS) is 10.1. The van der Waals surface area contributed by atoms with E-state index < -0.39 is 0 Å². The summed E-state index contributed by atoms with van der Waals surface area (Å²) in [6, 6.07) is 21.5. The van der Waals surface area contributed by atoms with E-state index in [4.69, 9.17) is 14.2 Å². The maximum absolute atomic E-state index is 12.8. The van der Waals surface area contributed by atoms with Gasteiger partial charge in [0.2, 0.25) is 5.91 Å². The van der Waals surface area contributed by atoms with Crippen molar-refractivity contribution in [3.63, 3.8) is 0 Å². The third kappa shape index (κ3) is 6.79. The van der Waals surface area contributed by atoms with Gasteiger partial charge in [-0.2, -0.15) is 0 Å². The molecule has 3 rings (SSSR count). The van der Waals surface area contributed by atoms with Crippen LogP contribution in [-0.2, 0) is 17.6 Å². The van der Waals surface area contributed by atoms with Crippen molar-refractivity contribution in [1.29, 1.82) is 0 Å². The van der Waals surface area contributed by atoms with Gasteiger partial charge in [-0.15, -0.1) is 0 Å². The van der Waals surface area contributed by atoms with Gasteiger partial charge in [0.05, 0.1) is 21.3 Å². The van der Waals surface area contributed by atoms with E-state index >= 15 is 0 Å². The van der Waals surface area contributed by atoms with Crippen LogP contribution in [0.3, 0.4) is 0 Å². The highest BCUT2D eigenvalue weighted by Crippen LogP contribution is 2.27. The zero-order valence-corrected chi connectivity index (χ0v) is 20.3. The van der Waals surface area contributed by atoms with Gasteiger partial charge in [-0.25, -0.2) is 0 Å². The maximum Gasteiger partial charge on any atom is 0.222 e. The molecular weight excluding hydrogens is 426 g/mol. The van der Waals surface area contributed by atoms with E-state index in [0.29, 0.717) is 30.9 Å². The molecule has 0 fully saturated rings. The SMILES string of the molecule is COc1ccc(C#Cc2ccccc2)c(CCC(=O)N(C)CCc2ccc(OC)c(OC)c2)c1. The summed E-state index contributed by atoms with van der Waals surface area (Å²) in [6.07, 6.45) is 1.72. The van der Waals surface area contributed by atoms with E-state index in [1.165, 1.54) is 0 Å². The predicted molar refractivity (Wildman–Crippen MR) is 135 cm³/mol. The predicted octanol–water partition coefficient (Wildman–Crippen LogP) is 4.75. The number of hydrogen-bond donors (Lipinski definition) is 0. The smallest absolute Gasteiger partial charge is 0.222 e. The Morgan fingerprint density at radius 3 is 2.29 bits per heavy atom. The minimum absolute atomic E-state index is 0.0882. The van der Waals surface area contributed by atoms with Crippen LogP contribution in [0.5, 0.6) is 17.2 Å². The van der Waals surface area contributed by atoms with E-state index in [2.05, 4.69) is 11.8 Å². The van der Waals surface area contributed by atoms with Gasteiger partial charge >= 0.3 is 0 Å². The summed E-state index contributed by atoms with van der Waals surface area (Å²) in [6.45, 7) is 0.618. The fraction of sp³-hybridized carbons (Fsp3) is 0.276. The van der Waals surface area contributed by atoms with Crippen LogP contribution in [0, 0.1) is 11.8 Å². The van der Waals surface area contributed by atoms with Gasteiger partial charge in [-0.1, -0.05) is 36.1 Å². The fourth-order valence-corrected chi connectivity index (χ4v) is 3.58. The third-order valence-corrected chi connectivity index (χ3v) is 5.65. The van der Waals surface area contributed by atoms with Crippen molar-refractivity contribution in [2.24, 2.45) is 0 Å². The molecule has 0 atom stereocenters. The highest BCUT2D eigenvalue weighted by Gasteiger charge is 2.12. The molecule has 0 heterocycles. The van der Waals surface area contributed by atoms with E-state index in [1.54, 1.807) is 26.2 Å². The quantitative estimate of drug-likeness (QED) is 0.435. The van der Waals surface area contributed by atoms with E-state index in [0.717, 1.165) is 34.4 Å². The Kier molecular flexibility index (Phi) is 8.99. The zero-order chi connectivity index (χ0) is 24.3. The molecule has 5 heteroatoms. The molecule has 3 aromatic rings. The van der Waals surface area contributed by atoms with Crippen molar-refractivity contribution in [3.8, 4) is 29.1 Å². The molecule has 0 saturated heterocycles. The number of nitrogens with zero attached hydrogens (tertiary/aromatic N) is 1. The molecule has 3 aromatic carbocycles. The van der Waals surface area contributed by atoms with Crippen LogP contribution in [0.4, 0.5) is 0 Å². The number of benzene rings is 3. The Morgan fingerprint density at radius 1 is 0.824 bits per heavy atom. The zero-order valence-electron chi connectivity index (χ0n) is 20.3. The number of carbonyl (C=O) groups excluding carboxylic acids is 1. The van der Waals surface area contributed by atoms with Gasteiger partial charge in [0.1, 0.15) is 5.75 Å². The lowest BCUT2D eigenvalue weighted by atomic mass is 10.0. The molecule has 5 nitrogen and oxygen atoms in total. The Hall–Kier alpha value is -3.91. The first-order chi connectivity index (χ1) is 16.5. The molecule has 176 valence electrons. The molecule has 0 aromatic heterocycles. The summed E-state index contributed by atoms with van der Waals surface area (Å²) in [7, 11) is 6.71. The number of carbonyl (C=O) groups is 1. The van der Waals surface area contributed by atoms with Crippen molar-refractivity contribution in [2.75, 3.05) is 34.9 Å². The fourth-order valence-electron chi connectivity index (χ4n) is 3.58. The van der Waals surface area contributed by atoms with Crippen molar-refractivity contribution in [1.82, 2.24) is 4.90 Å². The van der Waals surface area contributed by atoms with E-state index in [1.807, 2.05) is 73.8 Å². The minimum Gasteiger partial charge on any atom is -0.497 e. The van der Waals surface area contributed by atoms with Gasteiger partial charge in [-0.3, -0.25) is 4.79 Å². The van der Waals surface area contributed by atoms with Gasteiger partial charge in [0.25, 0.3) is 0 Å². The summed E-state index contributed by atoms with van der Waals surface area (Å²) in [4.78, 5) is 14.6. The summed E-state index contributed by atoms with van der Waals surface area (Å²) >= 11 is 0. The Morgan fingerprint density at radius 2 is 1.59 bits per heavy atom. The van der Waals surface area contributed by atoms with E-state index in [-0.39, 0.29) is 5.91 Å². The monoisotopic (exact) mass is 457 g/mol. The van der Waals surface area contributed by atoms with Crippen molar-refractivity contribution in [3.05, 3.63) is 89.0 Å². The van der Waals surface area contributed by atoms with Crippen LogP contribution in [-0.4, -0.2) is 45.7 Å². The molecule has 0 aliphatic heterocycles. The Labute approximate surface area is 202 Å². The minimum atomic E-state index is 0.0882. The summed E-state index contributed by atoms with van der Waals surface area (Å²) in [5, 5.41) is 0. The molecule has 1 amide bonds. The maximum atomic E-state index is 12.8. The second-order valence-electron chi connectivity index (χ2n) is 7.89. The van der Waals surface area contributed by atoms with Gasteiger partial charge in [0, 0.05) is 31.1 Å². The molecule has 34 heavy (non-hydrogen) atoms. The van der Waals surface area contributed by atoms with Crippen LogP contribution in [0.25, 0.3) is 0 Å². The molecule has 0 saturated carbocycles. The summed E-state index contributed by atoms with van der Waals surface area (Å²) < 4.78 is 16.0. The number of ether oxygens (including phenoxy) is 3. The van der Waals surface area contributed by atoms with E-state index in [9.17, 15) is 4.79 Å². The van der Waals surface area contributed by atoms with Gasteiger partial charge in [0.15, 0.2) is 11.5 Å². The standard InChI is InChI=1S/C29H31NO4/c1-30(19-18-23-11-16-27(33-3)28(20-23)34-4)29(31)17-14-25-21-26(32-2)15-13-24(25)12-10-22-8-6-5-7-9-22/h5-9,11,13,15-16,20-21H,14,17-19H2,1-4H3. The Bertz CT molecular complexity index is 1160. The number of aryl methyl sites for hydroxylation is 1. The lowest BCUT2D eigenvalue weighted by molar-refractivity contribution is -0.129. The van der Waals surface area contributed by atoms with Crippen LogP contribution in [0.15, 0.2) is 66.7 Å². The lowest BCUT2D eigenvalue weighted by Crippen LogP contribution is -2.29. The number of amides is 1. The van der Waals surface area contributed by atoms with Crippen LogP contribution >= 0.6 is 0 Å². The Balaban J connectivity index is 1.63. The second kappa shape index (κ2) is 12.4. The molecule has 0 spiro atoms. The molecule has 0 N–H and O–H groups in total. The first kappa shape index (κ1) is 24.7. The highest BCUT2D eigenvalue weighted by molar-refractivity contribution is 5.76. The molecular formula is C29H31NO4. The number of hydrogen-bond acceptors (Lipinski definition) is 4. The van der Waals surface area contributed by atoms with Crippen molar-refractivity contribution in [2.45, 2.75) is 19.3 Å². The molecule has 0 bridgehead atoms. The third-order valence-electron chi connectivity index (χ3n) is 5.65. The molecule has 0 aliphatic carbocycles. The number of methoxy groups -OCH3 is 3. The van der Waals surface area contributed by atoms with Crippen LogP contribution in [0.2, 0.25) is 0 Å². The number of likely N-dealkylation sites (N-methyl/N-ethyl adjacent to an activating group) is 1. The first-order valence-corrected chi connectivity index (χ1v) is 11.2. The van der Waals surface area contributed by atoms with Crippen molar-refractivity contribution >= 4 is 5.91 Å². The average Bonchev–Trinajstić information content (AvgIpc) is 2.89. The number of rotatable bonds is 9. The summed E-state index contributed by atoms with van der Waals surface area (Å²) in [5.41, 5.74) is 3.95. The molecule has 0 unspecified atom stereocenters. The molecule has 0 radical (unpaired) electrons. The van der Waals surface area contributed by atoms with Gasteiger partial charge in [-0.05, 0) is 66.4 Å². The first-order valence-electron chi connectivity index (χ1n) is 11.2. The lowest BCUT2D eigenvalue weighted by Gasteiger charge is -2.18. The largest absolute Gasteiger partial charge is 0.497 e. The molecule has 0 aliphatic rings. The average molecular weight is 458 g/mol. The highest BCUT2D eigenvalue weighted by atomic mass is 16.5. The second-order valence-corrected chi connectivity index (χ2v) is 7.89. The van der Waals surface area contributed by atoms with Crippen LogP contribution < -0.4 is 14.2 Å².